The Balaban J connectivity index is 1.81. The van der Waals surface area contributed by atoms with Gasteiger partial charge in [0.1, 0.15) is 11.5 Å². The molecule has 5 heteroatoms. The Morgan fingerprint density at radius 1 is 1.03 bits per heavy atom. The fraction of sp³-hybridized carbons (Fsp3) is 0.407. The normalized spacial score (nSPS) is 20.8. The highest BCUT2D eigenvalue weighted by molar-refractivity contribution is 6.46. The molecule has 1 amide bonds. The first-order chi connectivity index (χ1) is 15.4. The van der Waals surface area contributed by atoms with Crippen molar-refractivity contribution in [2.45, 2.75) is 65.0 Å². The average molecular weight is 434 g/mol. The number of amides is 1. The number of aryl methyl sites for hydroxylation is 2. The fourth-order valence-electron chi connectivity index (χ4n) is 4.75. The van der Waals surface area contributed by atoms with Crippen molar-refractivity contribution in [1.82, 2.24) is 4.90 Å². The van der Waals surface area contributed by atoms with Crippen LogP contribution in [0.15, 0.2) is 48.0 Å². The molecule has 1 aliphatic heterocycles. The predicted molar refractivity (Wildman–Crippen MR) is 125 cm³/mol. The largest absolute Gasteiger partial charge is 0.507 e. The van der Waals surface area contributed by atoms with Gasteiger partial charge in [0, 0.05) is 11.6 Å². The number of carbonyl (C=O) groups excluding carboxylic acids is 2. The second-order valence-corrected chi connectivity index (χ2v) is 8.86. The van der Waals surface area contributed by atoms with Gasteiger partial charge in [0.15, 0.2) is 0 Å². The number of benzene rings is 2. The summed E-state index contributed by atoms with van der Waals surface area (Å²) in [6.45, 7) is 6.65. The first kappa shape index (κ1) is 22.1. The molecule has 2 fully saturated rings. The third-order valence-electron chi connectivity index (χ3n) is 6.65. The van der Waals surface area contributed by atoms with Gasteiger partial charge in [-0.1, -0.05) is 44.0 Å². The summed E-state index contributed by atoms with van der Waals surface area (Å²) >= 11 is 0. The molecule has 32 heavy (non-hydrogen) atoms. The Hall–Kier alpha value is -3.08. The molecular formula is C27H31NO4. The summed E-state index contributed by atoms with van der Waals surface area (Å²) in [5.74, 6) is -0.478. The number of hydrogen-bond acceptors (Lipinski definition) is 4. The van der Waals surface area contributed by atoms with Crippen LogP contribution in [-0.2, 0) is 9.59 Å². The molecule has 2 aliphatic rings. The van der Waals surface area contributed by atoms with E-state index in [1.165, 1.54) is 0 Å². The van der Waals surface area contributed by atoms with E-state index in [-0.39, 0.29) is 17.4 Å². The molecule has 168 valence electrons. The van der Waals surface area contributed by atoms with E-state index in [1.54, 1.807) is 11.0 Å². The summed E-state index contributed by atoms with van der Waals surface area (Å²) in [6.07, 6.45) is 4.76. The number of rotatable bonds is 6. The molecule has 1 N–H and O–H groups in total. The highest BCUT2D eigenvalue weighted by atomic mass is 16.5. The van der Waals surface area contributed by atoms with Crippen LogP contribution in [0.2, 0.25) is 0 Å². The quantitative estimate of drug-likeness (QED) is 0.373. The van der Waals surface area contributed by atoms with Gasteiger partial charge < -0.3 is 14.7 Å². The van der Waals surface area contributed by atoms with Crippen molar-refractivity contribution in [1.29, 1.82) is 0 Å². The average Bonchev–Trinajstić information content (AvgIpc) is 3.41. The Kier molecular flexibility index (Phi) is 6.35. The minimum Gasteiger partial charge on any atom is -0.507 e. The number of ketones is 1. The predicted octanol–water partition coefficient (Wildman–Crippen LogP) is 5.46. The molecule has 2 aromatic rings. The second kappa shape index (κ2) is 9.19. The lowest BCUT2D eigenvalue weighted by molar-refractivity contribution is -0.141. The fourth-order valence-corrected chi connectivity index (χ4v) is 4.75. The van der Waals surface area contributed by atoms with E-state index in [2.05, 4.69) is 6.92 Å². The van der Waals surface area contributed by atoms with E-state index in [9.17, 15) is 14.7 Å². The van der Waals surface area contributed by atoms with E-state index in [1.807, 2.05) is 50.2 Å². The number of nitrogens with zero attached hydrogens (tertiary/aromatic N) is 1. The Labute approximate surface area is 189 Å². The van der Waals surface area contributed by atoms with E-state index >= 15 is 0 Å². The Morgan fingerprint density at radius 3 is 2.34 bits per heavy atom. The van der Waals surface area contributed by atoms with Crippen LogP contribution in [0.25, 0.3) is 5.76 Å². The molecule has 1 unspecified atom stereocenters. The third-order valence-corrected chi connectivity index (χ3v) is 6.65. The van der Waals surface area contributed by atoms with Crippen molar-refractivity contribution in [2.24, 2.45) is 0 Å². The number of Topliss-reactive ketones (excluding diaryl/α,β-unsaturated/α-hetero) is 1. The molecule has 0 aromatic heterocycles. The molecule has 1 aliphatic carbocycles. The van der Waals surface area contributed by atoms with Crippen LogP contribution < -0.4 is 4.74 Å². The van der Waals surface area contributed by atoms with Crippen LogP contribution >= 0.6 is 0 Å². The zero-order valence-corrected chi connectivity index (χ0v) is 19.1. The van der Waals surface area contributed by atoms with Crippen molar-refractivity contribution in [3.63, 3.8) is 0 Å². The van der Waals surface area contributed by atoms with Crippen molar-refractivity contribution < 1.29 is 19.4 Å². The van der Waals surface area contributed by atoms with Crippen molar-refractivity contribution in [2.75, 3.05) is 6.61 Å². The first-order valence-corrected chi connectivity index (χ1v) is 11.5. The Morgan fingerprint density at radius 2 is 1.72 bits per heavy atom. The molecule has 1 heterocycles. The maximum atomic E-state index is 13.2. The molecule has 1 atom stereocenters. The van der Waals surface area contributed by atoms with Gasteiger partial charge in [0.25, 0.3) is 11.7 Å². The minimum atomic E-state index is -0.607. The molecule has 4 rings (SSSR count). The van der Waals surface area contributed by atoms with Gasteiger partial charge in [-0.15, -0.1) is 0 Å². The standard InChI is InChI=1S/C27H31NO4/c1-4-15-32-22-13-11-19(12-14-22)24-23(25(29)20-10-9-17(2)18(3)16-20)26(30)27(31)28(24)21-7-5-6-8-21/h9-14,16,21,24,29H,4-8,15H2,1-3H3/b25-23-. The van der Waals surface area contributed by atoms with Crippen LogP contribution in [0.4, 0.5) is 0 Å². The van der Waals surface area contributed by atoms with Crippen molar-refractivity contribution >= 4 is 17.4 Å². The SMILES string of the molecule is CCCOc1ccc(C2/C(=C(/O)c3ccc(C)c(C)c3)C(=O)C(=O)N2C2CCCC2)cc1. The summed E-state index contributed by atoms with van der Waals surface area (Å²) in [6, 6.07) is 12.6. The summed E-state index contributed by atoms with van der Waals surface area (Å²) < 4.78 is 5.70. The topological polar surface area (TPSA) is 66.8 Å². The van der Waals surface area contributed by atoms with Gasteiger partial charge in [-0.2, -0.15) is 0 Å². The van der Waals surface area contributed by atoms with Gasteiger partial charge in [0.2, 0.25) is 0 Å². The van der Waals surface area contributed by atoms with E-state index in [0.29, 0.717) is 12.2 Å². The lowest BCUT2D eigenvalue weighted by atomic mass is 9.93. The lowest BCUT2D eigenvalue weighted by Crippen LogP contribution is -2.37. The highest BCUT2D eigenvalue weighted by Gasteiger charge is 2.49. The van der Waals surface area contributed by atoms with Crippen molar-refractivity contribution in [3.05, 3.63) is 70.3 Å². The summed E-state index contributed by atoms with van der Waals surface area (Å²) in [7, 11) is 0. The summed E-state index contributed by atoms with van der Waals surface area (Å²) in [5, 5.41) is 11.2. The van der Waals surface area contributed by atoms with Crippen molar-refractivity contribution in [3.8, 4) is 5.75 Å². The highest BCUT2D eigenvalue weighted by Crippen LogP contribution is 2.43. The molecule has 0 bridgehead atoms. The second-order valence-electron chi connectivity index (χ2n) is 8.86. The van der Waals surface area contributed by atoms with Gasteiger partial charge in [-0.25, -0.2) is 0 Å². The van der Waals surface area contributed by atoms with Gasteiger partial charge in [-0.3, -0.25) is 9.59 Å². The maximum absolute atomic E-state index is 13.2. The number of aliphatic hydroxyl groups is 1. The van der Waals surface area contributed by atoms with Crippen LogP contribution in [0, 0.1) is 13.8 Å². The molecule has 1 saturated heterocycles. The zero-order chi connectivity index (χ0) is 22.8. The monoisotopic (exact) mass is 433 g/mol. The van der Waals surface area contributed by atoms with Crippen LogP contribution in [0.1, 0.15) is 67.3 Å². The van der Waals surface area contributed by atoms with Gasteiger partial charge in [0.05, 0.1) is 18.2 Å². The molecule has 5 nitrogen and oxygen atoms in total. The molecule has 1 saturated carbocycles. The zero-order valence-electron chi connectivity index (χ0n) is 19.1. The maximum Gasteiger partial charge on any atom is 0.295 e. The number of hydrogen-bond donors (Lipinski definition) is 1. The van der Waals surface area contributed by atoms with E-state index in [0.717, 1.165) is 54.5 Å². The number of aliphatic hydroxyl groups excluding tert-OH is 1. The molecule has 0 radical (unpaired) electrons. The van der Waals surface area contributed by atoms with Crippen LogP contribution in [0.3, 0.4) is 0 Å². The smallest absolute Gasteiger partial charge is 0.295 e. The van der Waals surface area contributed by atoms with E-state index in [4.69, 9.17) is 4.74 Å². The van der Waals surface area contributed by atoms with E-state index < -0.39 is 17.7 Å². The first-order valence-electron chi connectivity index (χ1n) is 11.5. The Bertz CT molecular complexity index is 1050. The minimum absolute atomic E-state index is 0.0116. The van der Waals surface area contributed by atoms with Crippen LogP contribution in [-0.4, -0.2) is 34.3 Å². The number of likely N-dealkylation sites (tertiary alicyclic amines) is 1. The lowest BCUT2D eigenvalue weighted by Gasteiger charge is -2.30. The summed E-state index contributed by atoms with van der Waals surface area (Å²) in [5.41, 5.74) is 3.67. The number of carbonyl (C=O) groups is 2. The van der Waals surface area contributed by atoms with Crippen LogP contribution in [0.5, 0.6) is 5.75 Å². The van der Waals surface area contributed by atoms with Gasteiger partial charge in [-0.05, 0) is 68.0 Å². The number of ether oxygens (including phenoxy) is 1. The molecule has 2 aromatic carbocycles. The third kappa shape index (κ3) is 4.04. The molecular weight excluding hydrogens is 402 g/mol. The summed E-state index contributed by atoms with van der Waals surface area (Å²) in [4.78, 5) is 28.1. The van der Waals surface area contributed by atoms with Gasteiger partial charge >= 0.3 is 0 Å². The molecule has 0 spiro atoms.